The van der Waals surface area contributed by atoms with Crippen molar-refractivity contribution < 1.29 is 4.39 Å². The molecule has 2 aromatic rings. The fourth-order valence-electron chi connectivity index (χ4n) is 0.985. The highest BCUT2D eigenvalue weighted by Crippen LogP contribution is 2.31. The summed E-state index contributed by atoms with van der Waals surface area (Å²) in [5, 5.41) is 3.69. The third kappa shape index (κ3) is 1.80. The second kappa shape index (κ2) is 3.92. The number of hydrogen-bond acceptors (Lipinski definition) is 3. The van der Waals surface area contributed by atoms with E-state index in [1.807, 2.05) is 5.38 Å². The minimum absolute atomic E-state index is 0.0412. The largest absolute Gasteiger partial charge is 0.223 e. The Labute approximate surface area is 96.9 Å². The molecule has 0 aromatic carbocycles. The van der Waals surface area contributed by atoms with Gasteiger partial charge in [0, 0.05) is 20.8 Å². The summed E-state index contributed by atoms with van der Waals surface area (Å²) < 4.78 is 14.1. The molecule has 0 saturated carbocycles. The number of thiophene rings is 1. The Balaban J connectivity index is 2.62. The smallest absolute Gasteiger partial charge is 0.223 e. The van der Waals surface area contributed by atoms with E-state index in [1.54, 1.807) is 5.38 Å². The summed E-state index contributed by atoms with van der Waals surface area (Å²) in [5.74, 6) is -0.478. The lowest BCUT2D eigenvalue weighted by Gasteiger charge is -2.00. The van der Waals surface area contributed by atoms with Gasteiger partial charge in [0.1, 0.15) is 5.69 Å². The molecule has 0 aliphatic rings. The van der Waals surface area contributed by atoms with Crippen LogP contribution in [-0.2, 0) is 0 Å². The molecule has 2 heterocycles. The van der Waals surface area contributed by atoms with Crippen molar-refractivity contribution in [3.05, 3.63) is 32.5 Å². The van der Waals surface area contributed by atoms with Crippen LogP contribution in [0.3, 0.4) is 0 Å². The molecule has 0 bridgehead atoms. The topological polar surface area (TPSA) is 25.8 Å². The molecule has 0 saturated heterocycles. The lowest BCUT2D eigenvalue weighted by molar-refractivity contribution is 0.618. The first kappa shape index (κ1) is 10.0. The summed E-state index contributed by atoms with van der Waals surface area (Å²) >= 11 is 10.3. The highest BCUT2D eigenvalue weighted by Gasteiger charge is 2.12. The van der Waals surface area contributed by atoms with Gasteiger partial charge in [-0.05, 0) is 27.5 Å². The number of aromatic nitrogens is 2. The molecule has 2 nitrogen and oxygen atoms in total. The molecule has 14 heavy (non-hydrogen) atoms. The molecule has 72 valence electrons. The van der Waals surface area contributed by atoms with E-state index in [1.165, 1.54) is 11.3 Å². The molecule has 0 aliphatic heterocycles. The molecule has 0 aliphatic carbocycles. The zero-order chi connectivity index (χ0) is 10.1. The van der Waals surface area contributed by atoms with Crippen molar-refractivity contribution >= 4 is 38.9 Å². The first-order chi connectivity index (χ1) is 6.68. The third-order valence-corrected chi connectivity index (χ3v) is 3.47. The summed E-state index contributed by atoms with van der Waals surface area (Å²) in [7, 11) is 0. The SMILES string of the molecule is Fc1cnc(Cl)nc1-c1cscc1Br. The van der Waals surface area contributed by atoms with E-state index in [4.69, 9.17) is 11.6 Å². The standard InChI is InChI=1S/C8H3BrClFN2S/c9-5-3-14-2-4(5)7-6(11)1-12-8(10)13-7/h1-3H. The van der Waals surface area contributed by atoms with Crippen LogP contribution in [0.15, 0.2) is 21.4 Å². The van der Waals surface area contributed by atoms with Gasteiger partial charge < -0.3 is 0 Å². The second-order valence-corrected chi connectivity index (χ2v) is 4.40. The van der Waals surface area contributed by atoms with Gasteiger partial charge in [-0.15, -0.1) is 0 Å². The normalized spacial score (nSPS) is 10.5. The van der Waals surface area contributed by atoms with Gasteiger partial charge in [-0.3, -0.25) is 0 Å². The molecule has 0 spiro atoms. The van der Waals surface area contributed by atoms with Gasteiger partial charge >= 0.3 is 0 Å². The van der Waals surface area contributed by atoms with Crippen molar-refractivity contribution in [3.63, 3.8) is 0 Å². The molecular weight excluding hydrogens is 291 g/mol. The van der Waals surface area contributed by atoms with E-state index >= 15 is 0 Å². The molecule has 0 atom stereocenters. The van der Waals surface area contributed by atoms with Crippen LogP contribution < -0.4 is 0 Å². The Bertz CT molecular complexity index is 474. The molecule has 6 heteroatoms. The van der Waals surface area contributed by atoms with Crippen LogP contribution >= 0.6 is 38.9 Å². The van der Waals surface area contributed by atoms with Crippen LogP contribution in [0.2, 0.25) is 5.28 Å². The third-order valence-electron chi connectivity index (χ3n) is 1.58. The molecule has 0 unspecified atom stereocenters. The Kier molecular flexibility index (Phi) is 2.80. The van der Waals surface area contributed by atoms with E-state index < -0.39 is 5.82 Å². The van der Waals surface area contributed by atoms with Crippen LogP contribution in [0, 0.1) is 5.82 Å². The van der Waals surface area contributed by atoms with Crippen LogP contribution in [-0.4, -0.2) is 9.97 Å². The van der Waals surface area contributed by atoms with E-state index in [-0.39, 0.29) is 11.0 Å². The maximum Gasteiger partial charge on any atom is 0.223 e. The zero-order valence-electron chi connectivity index (χ0n) is 6.67. The van der Waals surface area contributed by atoms with Gasteiger partial charge in [0.2, 0.25) is 5.28 Å². The predicted octanol–water partition coefficient (Wildman–Crippen LogP) is 3.76. The summed E-state index contributed by atoms with van der Waals surface area (Å²) in [4.78, 5) is 7.38. The van der Waals surface area contributed by atoms with Gasteiger partial charge in [-0.2, -0.15) is 11.3 Å². The molecule has 0 N–H and O–H groups in total. The first-order valence-corrected chi connectivity index (χ1v) is 5.70. The fraction of sp³-hybridized carbons (Fsp3) is 0. The van der Waals surface area contributed by atoms with Crippen LogP contribution in [0.1, 0.15) is 0 Å². The lowest BCUT2D eigenvalue weighted by Crippen LogP contribution is -1.91. The van der Waals surface area contributed by atoms with Crippen LogP contribution in [0.4, 0.5) is 4.39 Å². The zero-order valence-corrected chi connectivity index (χ0v) is 9.83. The van der Waals surface area contributed by atoms with E-state index in [0.29, 0.717) is 5.56 Å². The molecule has 0 amide bonds. The van der Waals surface area contributed by atoms with Crippen molar-refractivity contribution in [2.75, 3.05) is 0 Å². The maximum atomic E-state index is 13.3. The molecule has 2 aromatic heterocycles. The Hall–Kier alpha value is -0.520. The molecule has 2 rings (SSSR count). The number of rotatable bonds is 1. The monoisotopic (exact) mass is 292 g/mol. The maximum absolute atomic E-state index is 13.3. The van der Waals surface area contributed by atoms with E-state index in [9.17, 15) is 4.39 Å². The minimum atomic E-state index is -0.478. The van der Waals surface area contributed by atoms with Crippen molar-refractivity contribution in [3.8, 4) is 11.3 Å². The Morgan fingerprint density at radius 1 is 1.43 bits per heavy atom. The Morgan fingerprint density at radius 3 is 2.86 bits per heavy atom. The van der Waals surface area contributed by atoms with Crippen molar-refractivity contribution in [2.45, 2.75) is 0 Å². The highest BCUT2D eigenvalue weighted by molar-refractivity contribution is 9.10. The number of hydrogen-bond donors (Lipinski definition) is 0. The summed E-state index contributed by atoms with van der Waals surface area (Å²) in [6.07, 6.45) is 1.06. The average molecular weight is 294 g/mol. The summed E-state index contributed by atoms with van der Waals surface area (Å²) in [5.41, 5.74) is 0.912. The van der Waals surface area contributed by atoms with Gasteiger partial charge in [0.15, 0.2) is 5.82 Å². The van der Waals surface area contributed by atoms with Crippen molar-refractivity contribution in [2.24, 2.45) is 0 Å². The quantitative estimate of drug-likeness (QED) is 0.748. The minimum Gasteiger partial charge on any atom is -0.223 e. The lowest BCUT2D eigenvalue weighted by atomic mass is 10.2. The molecular formula is C8H3BrClFN2S. The van der Waals surface area contributed by atoms with E-state index in [2.05, 4.69) is 25.9 Å². The van der Waals surface area contributed by atoms with Crippen molar-refractivity contribution in [1.29, 1.82) is 0 Å². The number of halogens is 3. The summed E-state index contributed by atoms with van der Waals surface area (Å²) in [6.45, 7) is 0. The predicted molar refractivity (Wildman–Crippen MR) is 58.0 cm³/mol. The van der Waals surface area contributed by atoms with Gasteiger partial charge in [0.05, 0.1) is 6.20 Å². The average Bonchev–Trinajstić information content (AvgIpc) is 2.56. The van der Waals surface area contributed by atoms with E-state index in [0.717, 1.165) is 10.7 Å². The van der Waals surface area contributed by atoms with Gasteiger partial charge in [0.25, 0.3) is 0 Å². The fourth-order valence-corrected chi connectivity index (χ4v) is 2.58. The molecule has 0 radical (unpaired) electrons. The summed E-state index contributed by atoms with van der Waals surface area (Å²) in [6, 6.07) is 0. The highest BCUT2D eigenvalue weighted by atomic mass is 79.9. The Morgan fingerprint density at radius 2 is 2.21 bits per heavy atom. The van der Waals surface area contributed by atoms with Crippen LogP contribution in [0.25, 0.3) is 11.3 Å². The second-order valence-electron chi connectivity index (χ2n) is 2.47. The van der Waals surface area contributed by atoms with Crippen LogP contribution in [0.5, 0.6) is 0 Å². The van der Waals surface area contributed by atoms with Gasteiger partial charge in [-0.1, -0.05) is 0 Å². The first-order valence-electron chi connectivity index (χ1n) is 3.58. The van der Waals surface area contributed by atoms with Gasteiger partial charge in [-0.25, -0.2) is 14.4 Å². The number of nitrogens with zero attached hydrogens (tertiary/aromatic N) is 2. The van der Waals surface area contributed by atoms with Crippen molar-refractivity contribution in [1.82, 2.24) is 9.97 Å². The molecule has 0 fully saturated rings.